The van der Waals surface area contributed by atoms with Crippen molar-refractivity contribution in [1.29, 1.82) is 0 Å². The third-order valence-electron chi connectivity index (χ3n) is 5.90. The molecule has 1 saturated heterocycles. The number of nitrogens with zero attached hydrogens (tertiary/aromatic N) is 4. The first-order valence-corrected chi connectivity index (χ1v) is 10.5. The van der Waals surface area contributed by atoms with Crippen molar-refractivity contribution in [3.8, 4) is 0 Å². The summed E-state index contributed by atoms with van der Waals surface area (Å²) in [6.07, 6.45) is 1.84. The highest BCUT2D eigenvalue weighted by Gasteiger charge is 2.34. The van der Waals surface area contributed by atoms with Crippen LogP contribution in [0.4, 0.5) is 0 Å². The molecule has 1 fully saturated rings. The molecule has 158 valence electrons. The summed E-state index contributed by atoms with van der Waals surface area (Å²) in [4.78, 5) is 42.6. The van der Waals surface area contributed by atoms with E-state index in [0.717, 1.165) is 11.3 Å². The Labute approximate surface area is 180 Å². The van der Waals surface area contributed by atoms with Crippen LogP contribution in [0.1, 0.15) is 30.6 Å². The van der Waals surface area contributed by atoms with Crippen molar-refractivity contribution in [2.24, 2.45) is 0 Å². The fraction of sp³-hybridized carbons (Fsp3) is 0.409. The van der Waals surface area contributed by atoms with Crippen LogP contribution >= 0.6 is 11.6 Å². The molecule has 4 rings (SSSR count). The number of fused-ring (bicyclic) bond motifs is 1. The van der Waals surface area contributed by atoms with E-state index in [9.17, 15) is 14.4 Å². The van der Waals surface area contributed by atoms with E-state index in [4.69, 9.17) is 11.6 Å². The van der Waals surface area contributed by atoms with Crippen LogP contribution in [0.2, 0.25) is 5.02 Å². The molecule has 30 heavy (non-hydrogen) atoms. The zero-order valence-electron chi connectivity index (χ0n) is 17.0. The lowest BCUT2D eigenvalue weighted by molar-refractivity contribution is -0.145. The SMILES string of the molecule is CC(=O)N1CCN(C(=O)CC(=O)N2CCn3cccc3[C@@H]2c2cccc(Cl)c2)CC1. The maximum atomic E-state index is 13.2. The standard InChI is InChI=1S/C22H25ClN4O3/c1-16(28)24-8-10-26(11-9-24)20(29)15-21(30)27-13-12-25-7-3-6-19(25)22(27)17-4-2-5-18(23)14-17/h2-7,14,22H,8-13,15H2,1H3/t22-/m0/s1. The van der Waals surface area contributed by atoms with Crippen LogP contribution in [0.15, 0.2) is 42.6 Å². The van der Waals surface area contributed by atoms with Crippen molar-refractivity contribution in [3.63, 3.8) is 0 Å². The second-order valence-corrected chi connectivity index (χ2v) is 8.17. The van der Waals surface area contributed by atoms with Gasteiger partial charge < -0.3 is 19.3 Å². The maximum Gasteiger partial charge on any atom is 0.232 e. The van der Waals surface area contributed by atoms with Gasteiger partial charge in [-0.05, 0) is 29.8 Å². The fourth-order valence-electron chi connectivity index (χ4n) is 4.29. The minimum Gasteiger partial charge on any atom is -0.348 e. The van der Waals surface area contributed by atoms with Crippen LogP contribution in [0.25, 0.3) is 0 Å². The van der Waals surface area contributed by atoms with Gasteiger partial charge in [0.2, 0.25) is 17.7 Å². The number of piperazine rings is 1. The quantitative estimate of drug-likeness (QED) is 0.703. The van der Waals surface area contributed by atoms with Gasteiger partial charge in [0, 0.05) is 63.1 Å². The summed E-state index contributed by atoms with van der Waals surface area (Å²) in [5.74, 6) is -0.362. The number of carbonyl (C=O) groups is 3. The summed E-state index contributed by atoms with van der Waals surface area (Å²) < 4.78 is 2.14. The molecule has 0 radical (unpaired) electrons. The van der Waals surface area contributed by atoms with Crippen molar-refractivity contribution in [3.05, 3.63) is 58.9 Å². The first kappa shape index (κ1) is 20.5. The van der Waals surface area contributed by atoms with Crippen molar-refractivity contribution >= 4 is 29.3 Å². The highest BCUT2D eigenvalue weighted by Crippen LogP contribution is 2.34. The van der Waals surface area contributed by atoms with Crippen LogP contribution in [0.5, 0.6) is 0 Å². The van der Waals surface area contributed by atoms with Gasteiger partial charge in [0.05, 0.1) is 6.04 Å². The molecule has 3 amide bonds. The molecular formula is C22H25ClN4O3. The molecule has 7 nitrogen and oxygen atoms in total. The topological polar surface area (TPSA) is 65.9 Å². The van der Waals surface area contributed by atoms with Gasteiger partial charge in [-0.15, -0.1) is 0 Å². The smallest absolute Gasteiger partial charge is 0.232 e. The monoisotopic (exact) mass is 428 g/mol. The van der Waals surface area contributed by atoms with E-state index in [1.165, 1.54) is 6.92 Å². The van der Waals surface area contributed by atoms with Gasteiger partial charge in [-0.1, -0.05) is 23.7 Å². The van der Waals surface area contributed by atoms with Crippen molar-refractivity contribution in [1.82, 2.24) is 19.3 Å². The van der Waals surface area contributed by atoms with E-state index in [1.54, 1.807) is 14.7 Å². The molecule has 0 aliphatic carbocycles. The third kappa shape index (κ3) is 4.07. The molecule has 8 heteroatoms. The maximum absolute atomic E-state index is 13.2. The van der Waals surface area contributed by atoms with Crippen LogP contribution in [-0.2, 0) is 20.9 Å². The second kappa shape index (κ2) is 8.52. The molecule has 3 heterocycles. The highest BCUT2D eigenvalue weighted by atomic mass is 35.5. The number of amides is 3. The molecule has 0 unspecified atom stereocenters. The number of carbonyl (C=O) groups excluding carboxylic acids is 3. The van der Waals surface area contributed by atoms with E-state index in [-0.39, 0.29) is 30.2 Å². The van der Waals surface area contributed by atoms with Gasteiger partial charge in [0.1, 0.15) is 6.42 Å². The minimum absolute atomic E-state index is 0.0128. The predicted molar refractivity (Wildman–Crippen MR) is 113 cm³/mol. The molecule has 2 aliphatic rings. The minimum atomic E-state index is -0.276. The first-order chi connectivity index (χ1) is 14.4. The van der Waals surface area contributed by atoms with Gasteiger partial charge in [-0.25, -0.2) is 0 Å². The Morgan fingerprint density at radius 2 is 1.67 bits per heavy atom. The van der Waals surface area contributed by atoms with Gasteiger partial charge in [0.15, 0.2) is 0 Å². The largest absolute Gasteiger partial charge is 0.348 e. The summed E-state index contributed by atoms with van der Waals surface area (Å²) in [6.45, 7) is 4.71. The number of rotatable bonds is 3. The first-order valence-electron chi connectivity index (χ1n) is 10.2. The zero-order chi connectivity index (χ0) is 21.3. The summed E-state index contributed by atoms with van der Waals surface area (Å²) in [6, 6.07) is 11.2. The highest BCUT2D eigenvalue weighted by molar-refractivity contribution is 6.30. The van der Waals surface area contributed by atoms with Gasteiger partial charge in [0.25, 0.3) is 0 Å². The van der Waals surface area contributed by atoms with Gasteiger partial charge in [-0.2, -0.15) is 0 Å². The number of aromatic nitrogens is 1. The van der Waals surface area contributed by atoms with Crippen LogP contribution in [0.3, 0.4) is 0 Å². The molecule has 0 bridgehead atoms. The van der Waals surface area contributed by atoms with Gasteiger partial charge in [-0.3, -0.25) is 14.4 Å². The Morgan fingerprint density at radius 1 is 0.933 bits per heavy atom. The van der Waals surface area contributed by atoms with Crippen LogP contribution < -0.4 is 0 Å². The van der Waals surface area contributed by atoms with Crippen molar-refractivity contribution in [2.45, 2.75) is 25.9 Å². The van der Waals surface area contributed by atoms with E-state index >= 15 is 0 Å². The predicted octanol–water partition coefficient (Wildman–Crippen LogP) is 2.15. The van der Waals surface area contributed by atoms with Crippen molar-refractivity contribution in [2.75, 3.05) is 32.7 Å². The number of halogens is 1. The molecule has 1 aromatic carbocycles. The molecule has 1 aromatic heterocycles. The number of benzene rings is 1. The number of hydrogen-bond donors (Lipinski definition) is 0. The molecule has 0 N–H and O–H groups in total. The molecule has 2 aliphatic heterocycles. The zero-order valence-corrected chi connectivity index (χ0v) is 17.7. The number of hydrogen-bond acceptors (Lipinski definition) is 3. The molecule has 2 aromatic rings. The van der Waals surface area contributed by atoms with Crippen LogP contribution in [-0.4, -0.2) is 69.7 Å². The normalized spacial score (nSPS) is 18.9. The third-order valence-corrected chi connectivity index (χ3v) is 6.14. The van der Waals surface area contributed by atoms with Crippen LogP contribution in [0, 0.1) is 0 Å². The average molecular weight is 429 g/mol. The molecular weight excluding hydrogens is 404 g/mol. The second-order valence-electron chi connectivity index (χ2n) is 7.73. The van der Waals surface area contributed by atoms with E-state index in [1.807, 2.05) is 42.6 Å². The lowest BCUT2D eigenvalue weighted by atomic mass is 9.99. The Morgan fingerprint density at radius 3 is 2.37 bits per heavy atom. The summed E-state index contributed by atoms with van der Waals surface area (Å²) >= 11 is 6.21. The van der Waals surface area contributed by atoms with E-state index in [2.05, 4.69) is 4.57 Å². The Hall–Kier alpha value is -2.80. The Balaban J connectivity index is 1.50. The lowest BCUT2D eigenvalue weighted by Crippen LogP contribution is -2.51. The Bertz CT molecular complexity index is 965. The molecule has 0 saturated carbocycles. The fourth-order valence-corrected chi connectivity index (χ4v) is 4.49. The summed E-state index contributed by atoms with van der Waals surface area (Å²) in [5.41, 5.74) is 1.94. The average Bonchev–Trinajstić information content (AvgIpc) is 3.21. The van der Waals surface area contributed by atoms with Gasteiger partial charge >= 0.3 is 0 Å². The summed E-state index contributed by atoms with van der Waals surface area (Å²) in [5, 5.41) is 0.614. The Kier molecular flexibility index (Phi) is 5.81. The van der Waals surface area contributed by atoms with E-state index < -0.39 is 0 Å². The molecule has 1 atom stereocenters. The summed E-state index contributed by atoms with van der Waals surface area (Å²) in [7, 11) is 0. The van der Waals surface area contributed by atoms with E-state index in [0.29, 0.717) is 44.3 Å². The van der Waals surface area contributed by atoms with Crippen molar-refractivity contribution < 1.29 is 14.4 Å². The molecule has 0 spiro atoms. The lowest BCUT2D eigenvalue weighted by Gasteiger charge is -2.38.